The number of nitrogens with zero attached hydrogens (tertiary/aromatic N) is 2. The summed E-state index contributed by atoms with van der Waals surface area (Å²) in [6, 6.07) is 0. The van der Waals surface area contributed by atoms with Crippen molar-refractivity contribution in [2.45, 2.75) is 71.1 Å². The molecule has 6 nitrogen and oxygen atoms in total. The van der Waals surface area contributed by atoms with E-state index in [1.54, 1.807) is 0 Å². The number of aliphatic imine (C=N–C) groups is 1. The fourth-order valence-electron chi connectivity index (χ4n) is 3.24. The summed E-state index contributed by atoms with van der Waals surface area (Å²) in [7, 11) is 1.45. The molecule has 0 aliphatic carbocycles. The third kappa shape index (κ3) is 12.1. The lowest BCUT2D eigenvalue weighted by Gasteiger charge is -2.19. The van der Waals surface area contributed by atoms with Crippen molar-refractivity contribution in [1.29, 1.82) is 0 Å². The molecule has 26 heavy (non-hydrogen) atoms. The second kappa shape index (κ2) is 15.9. The Balaban J connectivity index is 2.09. The number of unbranched alkanes of at least 4 members (excludes halogenated alkanes) is 3. The highest BCUT2D eigenvalue weighted by Crippen LogP contribution is 2.09. The van der Waals surface area contributed by atoms with Gasteiger partial charge in [-0.1, -0.05) is 25.7 Å². The van der Waals surface area contributed by atoms with Crippen LogP contribution in [0.4, 0.5) is 0 Å². The van der Waals surface area contributed by atoms with Gasteiger partial charge in [0.1, 0.15) is 0 Å². The molecule has 1 rings (SSSR count). The Labute approximate surface area is 160 Å². The van der Waals surface area contributed by atoms with E-state index in [9.17, 15) is 4.79 Å². The van der Waals surface area contributed by atoms with E-state index in [0.717, 1.165) is 57.7 Å². The molecule has 0 aromatic rings. The Morgan fingerprint density at radius 1 is 1.00 bits per heavy atom. The van der Waals surface area contributed by atoms with Crippen LogP contribution in [-0.2, 0) is 9.53 Å². The zero-order valence-electron chi connectivity index (χ0n) is 17.0. The van der Waals surface area contributed by atoms with Gasteiger partial charge in [-0.2, -0.15) is 0 Å². The average Bonchev–Trinajstić information content (AvgIpc) is 2.92. The highest BCUT2D eigenvalue weighted by atomic mass is 16.5. The fraction of sp³-hybridized carbons (Fsp3) is 0.900. The van der Waals surface area contributed by atoms with Crippen LogP contribution in [0.1, 0.15) is 71.1 Å². The molecule has 0 bridgehead atoms. The first-order valence-corrected chi connectivity index (χ1v) is 10.6. The van der Waals surface area contributed by atoms with Gasteiger partial charge in [0, 0.05) is 26.1 Å². The molecule has 0 radical (unpaired) electrons. The van der Waals surface area contributed by atoms with E-state index < -0.39 is 0 Å². The minimum absolute atomic E-state index is 0.107. The van der Waals surface area contributed by atoms with Gasteiger partial charge in [-0.3, -0.25) is 9.79 Å². The fourth-order valence-corrected chi connectivity index (χ4v) is 3.24. The smallest absolute Gasteiger partial charge is 0.305 e. The summed E-state index contributed by atoms with van der Waals surface area (Å²) in [4.78, 5) is 18.3. The van der Waals surface area contributed by atoms with Gasteiger partial charge >= 0.3 is 5.97 Å². The van der Waals surface area contributed by atoms with Gasteiger partial charge < -0.3 is 20.3 Å². The molecule has 1 fully saturated rings. The highest BCUT2D eigenvalue weighted by molar-refractivity contribution is 5.79. The molecule has 0 amide bonds. The van der Waals surface area contributed by atoms with Crippen LogP contribution in [0.25, 0.3) is 0 Å². The summed E-state index contributed by atoms with van der Waals surface area (Å²) < 4.78 is 4.65. The van der Waals surface area contributed by atoms with Crippen LogP contribution in [0.15, 0.2) is 4.99 Å². The zero-order chi connectivity index (χ0) is 18.9. The van der Waals surface area contributed by atoms with Crippen LogP contribution < -0.4 is 10.6 Å². The zero-order valence-corrected chi connectivity index (χ0v) is 17.0. The largest absolute Gasteiger partial charge is 0.469 e. The van der Waals surface area contributed by atoms with E-state index in [4.69, 9.17) is 4.99 Å². The molecular formula is C20H40N4O2. The minimum Gasteiger partial charge on any atom is -0.469 e. The van der Waals surface area contributed by atoms with Crippen LogP contribution in [0.5, 0.6) is 0 Å². The summed E-state index contributed by atoms with van der Waals surface area (Å²) in [6.07, 6.45) is 11.4. The van der Waals surface area contributed by atoms with Crippen LogP contribution in [0, 0.1) is 0 Å². The summed E-state index contributed by atoms with van der Waals surface area (Å²) in [5.41, 5.74) is 0. The number of methoxy groups -OCH3 is 1. The molecule has 1 heterocycles. The van der Waals surface area contributed by atoms with Crippen molar-refractivity contribution in [3.8, 4) is 0 Å². The maximum Gasteiger partial charge on any atom is 0.305 e. The maximum atomic E-state index is 11.0. The number of likely N-dealkylation sites (tertiary alicyclic amines) is 1. The summed E-state index contributed by atoms with van der Waals surface area (Å²) >= 11 is 0. The lowest BCUT2D eigenvalue weighted by Crippen LogP contribution is -2.38. The van der Waals surface area contributed by atoms with Gasteiger partial charge in [0.2, 0.25) is 0 Å². The quantitative estimate of drug-likeness (QED) is 0.240. The second-order valence-corrected chi connectivity index (χ2v) is 7.04. The van der Waals surface area contributed by atoms with Gasteiger partial charge in [-0.05, 0) is 58.7 Å². The minimum atomic E-state index is -0.107. The van der Waals surface area contributed by atoms with Crippen molar-refractivity contribution in [1.82, 2.24) is 15.5 Å². The molecule has 1 saturated heterocycles. The SMILES string of the molecule is CCNC(=NCCCN1CCCCCC1)NCCCCCCC(=O)OC. The number of carbonyl (C=O) groups is 1. The number of carbonyl (C=O) groups excluding carboxylic acids is 1. The van der Waals surface area contributed by atoms with E-state index in [0.29, 0.717) is 6.42 Å². The summed E-state index contributed by atoms with van der Waals surface area (Å²) in [5.74, 6) is 0.822. The molecule has 152 valence electrons. The molecule has 0 spiro atoms. The molecule has 6 heteroatoms. The standard InChI is InChI=1S/C20H40N4O2/c1-3-21-20(22-14-9-5-4-8-13-19(25)26-2)23-15-12-18-24-16-10-6-7-11-17-24/h3-18H2,1-2H3,(H2,21,22,23). The number of guanidine groups is 1. The molecule has 2 N–H and O–H groups in total. The second-order valence-electron chi connectivity index (χ2n) is 7.04. The molecule has 1 aliphatic rings. The lowest BCUT2D eigenvalue weighted by molar-refractivity contribution is -0.140. The first-order valence-electron chi connectivity index (χ1n) is 10.6. The van der Waals surface area contributed by atoms with Gasteiger partial charge in [0.15, 0.2) is 5.96 Å². The van der Waals surface area contributed by atoms with Crippen molar-refractivity contribution >= 4 is 11.9 Å². The Morgan fingerprint density at radius 3 is 2.42 bits per heavy atom. The Kier molecular flexibility index (Phi) is 13.9. The number of rotatable bonds is 12. The summed E-state index contributed by atoms with van der Waals surface area (Å²) in [5, 5.41) is 6.73. The predicted octanol–water partition coefficient (Wildman–Crippen LogP) is 2.93. The van der Waals surface area contributed by atoms with Crippen molar-refractivity contribution in [3.63, 3.8) is 0 Å². The van der Waals surface area contributed by atoms with Crippen molar-refractivity contribution in [2.75, 3.05) is 46.4 Å². The average molecular weight is 369 g/mol. The third-order valence-corrected chi connectivity index (χ3v) is 4.77. The maximum absolute atomic E-state index is 11.0. The van der Waals surface area contributed by atoms with Gasteiger partial charge in [0.25, 0.3) is 0 Å². The van der Waals surface area contributed by atoms with Gasteiger partial charge in [-0.15, -0.1) is 0 Å². The van der Waals surface area contributed by atoms with Crippen LogP contribution in [-0.4, -0.2) is 63.2 Å². The topological polar surface area (TPSA) is 66.0 Å². The van der Waals surface area contributed by atoms with E-state index in [-0.39, 0.29) is 5.97 Å². The molecule has 1 aliphatic heterocycles. The first kappa shape index (κ1) is 22.7. The number of hydrogen-bond donors (Lipinski definition) is 2. The molecule has 0 unspecified atom stereocenters. The molecule has 0 aromatic heterocycles. The third-order valence-electron chi connectivity index (χ3n) is 4.77. The molecule has 0 aromatic carbocycles. The van der Waals surface area contributed by atoms with Crippen LogP contribution in [0.3, 0.4) is 0 Å². The lowest BCUT2D eigenvalue weighted by atomic mass is 10.1. The summed E-state index contributed by atoms with van der Waals surface area (Å²) in [6.45, 7) is 8.48. The van der Waals surface area contributed by atoms with E-state index in [2.05, 4.69) is 27.2 Å². The number of ether oxygens (including phenoxy) is 1. The van der Waals surface area contributed by atoms with Crippen molar-refractivity contribution in [2.24, 2.45) is 4.99 Å². The van der Waals surface area contributed by atoms with Crippen molar-refractivity contribution < 1.29 is 9.53 Å². The van der Waals surface area contributed by atoms with E-state index in [1.165, 1.54) is 52.4 Å². The van der Waals surface area contributed by atoms with Crippen molar-refractivity contribution in [3.05, 3.63) is 0 Å². The van der Waals surface area contributed by atoms with Gasteiger partial charge in [0.05, 0.1) is 7.11 Å². The first-order chi connectivity index (χ1) is 12.8. The van der Waals surface area contributed by atoms with E-state index in [1.807, 2.05) is 0 Å². The highest BCUT2D eigenvalue weighted by Gasteiger charge is 2.08. The van der Waals surface area contributed by atoms with Crippen LogP contribution >= 0.6 is 0 Å². The molecule has 0 atom stereocenters. The Morgan fingerprint density at radius 2 is 1.73 bits per heavy atom. The van der Waals surface area contributed by atoms with Gasteiger partial charge in [-0.25, -0.2) is 0 Å². The Bertz CT molecular complexity index is 380. The number of esters is 1. The number of nitrogens with one attached hydrogen (secondary N) is 2. The number of hydrogen-bond acceptors (Lipinski definition) is 4. The normalized spacial score (nSPS) is 16.2. The monoisotopic (exact) mass is 368 g/mol. The van der Waals surface area contributed by atoms with E-state index >= 15 is 0 Å². The molecule has 0 saturated carbocycles. The van der Waals surface area contributed by atoms with Crippen LogP contribution in [0.2, 0.25) is 0 Å². The molecular weight excluding hydrogens is 328 g/mol. The Hall–Kier alpha value is -1.30. The predicted molar refractivity (Wildman–Crippen MR) is 109 cm³/mol.